The highest BCUT2D eigenvalue weighted by atomic mass is 32.2. The molecule has 0 saturated carbocycles. The molecule has 0 rings (SSSR count). The van der Waals surface area contributed by atoms with Gasteiger partial charge in [-0.05, 0) is 25.7 Å². The van der Waals surface area contributed by atoms with E-state index in [2.05, 4.69) is 6.92 Å². The molecular formula is C21H44O4S. The molecule has 0 aromatic heterocycles. The monoisotopic (exact) mass is 392 g/mol. The number of rotatable bonds is 19. The molecule has 0 bridgehead atoms. The fraction of sp³-hybridized carbons (Fsp3) is 1.00. The van der Waals surface area contributed by atoms with Crippen LogP contribution in [-0.2, 0) is 10.1 Å². The van der Waals surface area contributed by atoms with E-state index in [-0.39, 0.29) is 6.10 Å². The van der Waals surface area contributed by atoms with Gasteiger partial charge in [0.05, 0.1) is 11.4 Å². The Bertz CT molecular complexity index is 395. The average molecular weight is 393 g/mol. The van der Waals surface area contributed by atoms with Crippen molar-refractivity contribution in [3.05, 3.63) is 0 Å². The first kappa shape index (κ1) is 25.9. The molecule has 158 valence electrons. The molecule has 5 heteroatoms. The zero-order chi connectivity index (χ0) is 19.7. The van der Waals surface area contributed by atoms with Gasteiger partial charge in [-0.1, -0.05) is 97.3 Å². The highest BCUT2D eigenvalue weighted by Crippen LogP contribution is 2.18. The maximum absolute atomic E-state index is 11.3. The Morgan fingerprint density at radius 3 is 1.46 bits per heavy atom. The molecule has 26 heavy (non-hydrogen) atoms. The van der Waals surface area contributed by atoms with Gasteiger partial charge in [0.25, 0.3) is 10.1 Å². The molecular weight excluding hydrogens is 348 g/mol. The van der Waals surface area contributed by atoms with Crippen LogP contribution in [0.2, 0.25) is 0 Å². The number of unbranched alkanes of at least 4 members (excludes halogenated alkanes) is 10. The van der Waals surface area contributed by atoms with Gasteiger partial charge in [0.2, 0.25) is 0 Å². The van der Waals surface area contributed by atoms with Crippen molar-refractivity contribution in [1.82, 2.24) is 0 Å². The van der Waals surface area contributed by atoms with Crippen LogP contribution in [0.15, 0.2) is 0 Å². The molecule has 2 N–H and O–H groups in total. The Morgan fingerprint density at radius 1 is 0.615 bits per heavy atom. The maximum Gasteiger partial charge on any atom is 0.267 e. The minimum absolute atomic E-state index is 0.180. The Labute approximate surface area is 162 Å². The summed E-state index contributed by atoms with van der Waals surface area (Å²) in [4.78, 5) is 0. The average Bonchev–Trinajstić information content (AvgIpc) is 2.58. The molecule has 0 amide bonds. The SMILES string of the molecule is CCCCCCCCCCC(O)CCCCCCC(CCC)S(=O)(=O)O. The van der Waals surface area contributed by atoms with Crippen LogP contribution in [-0.4, -0.2) is 29.4 Å². The summed E-state index contributed by atoms with van der Waals surface area (Å²) < 4.78 is 31.7. The third-order valence-electron chi connectivity index (χ3n) is 5.24. The lowest BCUT2D eigenvalue weighted by molar-refractivity contribution is 0.147. The molecule has 0 aliphatic rings. The van der Waals surface area contributed by atoms with Crippen LogP contribution in [0.1, 0.15) is 123 Å². The van der Waals surface area contributed by atoms with E-state index in [1.54, 1.807) is 0 Å². The highest BCUT2D eigenvalue weighted by molar-refractivity contribution is 7.86. The summed E-state index contributed by atoms with van der Waals surface area (Å²) in [6.45, 7) is 4.18. The molecule has 0 aromatic rings. The first-order valence-corrected chi connectivity index (χ1v) is 12.6. The molecule has 0 spiro atoms. The second kappa shape index (κ2) is 17.0. The Balaban J connectivity index is 3.49. The van der Waals surface area contributed by atoms with Crippen LogP contribution in [0.3, 0.4) is 0 Å². The van der Waals surface area contributed by atoms with Crippen LogP contribution in [0.4, 0.5) is 0 Å². The Kier molecular flexibility index (Phi) is 16.9. The smallest absolute Gasteiger partial charge is 0.267 e. The first-order chi connectivity index (χ1) is 12.4. The Morgan fingerprint density at radius 2 is 1.04 bits per heavy atom. The van der Waals surface area contributed by atoms with Gasteiger partial charge in [0.1, 0.15) is 0 Å². The standard InChI is InChI=1S/C21H44O4S/c1-3-5-6-7-8-9-10-13-17-20(22)18-14-11-12-15-19-21(16-4-2)26(23,24)25/h20-22H,3-19H2,1-2H3,(H,23,24,25). The van der Waals surface area contributed by atoms with E-state index in [0.29, 0.717) is 12.8 Å². The number of hydrogen-bond donors (Lipinski definition) is 2. The molecule has 0 heterocycles. The normalized spacial score (nSPS) is 14.5. The van der Waals surface area contributed by atoms with Crippen molar-refractivity contribution in [2.75, 3.05) is 0 Å². The van der Waals surface area contributed by atoms with Gasteiger partial charge in [-0.2, -0.15) is 8.42 Å². The predicted molar refractivity (Wildman–Crippen MR) is 111 cm³/mol. The second-order valence-electron chi connectivity index (χ2n) is 7.83. The van der Waals surface area contributed by atoms with Crippen molar-refractivity contribution in [3.63, 3.8) is 0 Å². The van der Waals surface area contributed by atoms with E-state index < -0.39 is 15.4 Å². The largest absolute Gasteiger partial charge is 0.393 e. The van der Waals surface area contributed by atoms with E-state index >= 15 is 0 Å². The van der Waals surface area contributed by atoms with Gasteiger partial charge in [0.15, 0.2) is 0 Å². The minimum Gasteiger partial charge on any atom is -0.393 e. The summed E-state index contributed by atoms with van der Waals surface area (Å²) in [5, 5.41) is 9.43. The zero-order valence-electron chi connectivity index (χ0n) is 17.3. The predicted octanol–water partition coefficient (Wildman–Crippen LogP) is 6.28. The zero-order valence-corrected chi connectivity index (χ0v) is 18.1. The van der Waals surface area contributed by atoms with E-state index in [1.165, 1.54) is 44.9 Å². The van der Waals surface area contributed by atoms with Gasteiger partial charge < -0.3 is 5.11 Å². The van der Waals surface area contributed by atoms with E-state index in [1.807, 2.05) is 6.92 Å². The minimum atomic E-state index is -3.90. The fourth-order valence-corrected chi connectivity index (χ4v) is 4.53. The Hall–Kier alpha value is -0.130. The van der Waals surface area contributed by atoms with Crippen molar-refractivity contribution in [2.45, 2.75) is 134 Å². The molecule has 0 aliphatic carbocycles. The molecule has 2 unspecified atom stereocenters. The highest BCUT2D eigenvalue weighted by Gasteiger charge is 2.21. The molecule has 0 fully saturated rings. The summed E-state index contributed by atoms with van der Waals surface area (Å²) >= 11 is 0. The van der Waals surface area contributed by atoms with Crippen LogP contribution in [0.25, 0.3) is 0 Å². The number of hydrogen-bond acceptors (Lipinski definition) is 3. The van der Waals surface area contributed by atoms with E-state index in [9.17, 15) is 18.1 Å². The molecule has 2 atom stereocenters. The van der Waals surface area contributed by atoms with Gasteiger partial charge >= 0.3 is 0 Å². The summed E-state index contributed by atoms with van der Waals surface area (Å²) in [5.74, 6) is 0. The van der Waals surface area contributed by atoms with Crippen LogP contribution in [0, 0.1) is 0 Å². The van der Waals surface area contributed by atoms with Gasteiger partial charge in [-0.15, -0.1) is 0 Å². The summed E-state index contributed by atoms with van der Waals surface area (Å²) in [7, 11) is -3.90. The molecule has 4 nitrogen and oxygen atoms in total. The number of aliphatic hydroxyl groups excluding tert-OH is 1. The lowest BCUT2D eigenvalue weighted by Crippen LogP contribution is -2.20. The van der Waals surface area contributed by atoms with Crippen LogP contribution < -0.4 is 0 Å². The second-order valence-corrected chi connectivity index (χ2v) is 9.53. The topological polar surface area (TPSA) is 74.6 Å². The maximum atomic E-state index is 11.3. The lowest BCUT2D eigenvalue weighted by atomic mass is 10.0. The van der Waals surface area contributed by atoms with Crippen LogP contribution in [0.5, 0.6) is 0 Å². The van der Waals surface area contributed by atoms with Gasteiger partial charge in [-0.25, -0.2) is 0 Å². The third kappa shape index (κ3) is 16.1. The van der Waals surface area contributed by atoms with Crippen molar-refractivity contribution < 1.29 is 18.1 Å². The van der Waals surface area contributed by atoms with Crippen molar-refractivity contribution in [2.24, 2.45) is 0 Å². The molecule has 0 aromatic carbocycles. The molecule has 0 saturated heterocycles. The third-order valence-corrected chi connectivity index (χ3v) is 6.55. The van der Waals surface area contributed by atoms with Crippen molar-refractivity contribution >= 4 is 10.1 Å². The van der Waals surface area contributed by atoms with Crippen molar-refractivity contribution in [1.29, 1.82) is 0 Å². The molecule has 0 aliphatic heterocycles. The van der Waals surface area contributed by atoms with E-state index in [4.69, 9.17) is 0 Å². The van der Waals surface area contributed by atoms with Gasteiger partial charge in [-0.3, -0.25) is 4.55 Å². The molecule has 0 radical (unpaired) electrons. The quantitative estimate of drug-likeness (QED) is 0.200. The van der Waals surface area contributed by atoms with Crippen LogP contribution >= 0.6 is 0 Å². The summed E-state index contributed by atoms with van der Waals surface area (Å²) in [6, 6.07) is 0. The summed E-state index contributed by atoms with van der Waals surface area (Å²) in [6.07, 6.45) is 17.6. The fourth-order valence-electron chi connectivity index (χ4n) is 3.53. The number of aliphatic hydroxyl groups is 1. The summed E-state index contributed by atoms with van der Waals surface area (Å²) in [5.41, 5.74) is 0. The first-order valence-electron chi connectivity index (χ1n) is 11.1. The van der Waals surface area contributed by atoms with E-state index in [0.717, 1.165) is 51.4 Å². The van der Waals surface area contributed by atoms with Gasteiger partial charge in [0, 0.05) is 0 Å². The lowest BCUT2D eigenvalue weighted by Gasteiger charge is -2.13. The van der Waals surface area contributed by atoms with Crippen molar-refractivity contribution in [3.8, 4) is 0 Å².